The van der Waals surface area contributed by atoms with Crippen molar-refractivity contribution in [3.63, 3.8) is 0 Å². The molecule has 1 aromatic heterocycles. The van der Waals surface area contributed by atoms with Crippen LogP contribution in [0, 0.1) is 0 Å². The molecule has 0 bridgehead atoms. The zero-order valence-electron chi connectivity index (χ0n) is 10.7. The highest BCUT2D eigenvalue weighted by atomic mass is 32.1. The van der Waals surface area contributed by atoms with Crippen molar-refractivity contribution in [2.24, 2.45) is 0 Å². The monoisotopic (exact) mass is 243 g/mol. The van der Waals surface area contributed by atoms with Gasteiger partial charge in [0.25, 0.3) is 0 Å². The third-order valence-corrected chi connectivity index (χ3v) is 3.94. The predicted molar refractivity (Wildman–Crippen MR) is 70.5 cm³/mol. The minimum absolute atomic E-state index is 0.0742. The summed E-state index contributed by atoms with van der Waals surface area (Å²) in [6.45, 7) is 9.11. The van der Waals surface area contributed by atoms with Gasteiger partial charge in [0.15, 0.2) is 16.6 Å². The van der Waals surface area contributed by atoms with Crippen molar-refractivity contribution in [1.82, 2.24) is 4.37 Å². The van der Waals surface area contributed by atoms with E-state index in [9.17, 15) is 0 Å². The van der Waals surface area contributed by atoms with E-state index in [2.05, 4.69) is 37.1 Å². The summed E-state index contributed by atoms with van der Waals surface area (Å²) in [5.41, 5.74) is 5.87. The molecule has 0 aliphatic carbocycles. The summed E-state index contributed by atoms with van der Waals surface area (Å²) in [5, 5.41) is 1.01. The Morgan fingerprint density at radius 2 is 2.06 bits per heavy atom. The second-order valence-corrected chi connectivity index (χ2v) is 5.11. The quantitative estimate of drug-likeness (QED) is 0.864. The predicted octanol–water partition coefficient (Wildman–Crippen LogP) is 2.75. The summed E-state index contributed by atoms with van der Waals surface area (Å²) in [6.07, 6.45) is 1.05. The van der Waals surface area contributed by atoms with Crippen LogP contribution in [-0.4, -0.2) is 23.6 Å². The van der Waals surface area contributed by atoms with Crippen LogP contribution in [0.4, 0.5) is 10.8 Å². The van der Waals surface area contributed by atoms with Crippen molar-refractivity contribution < 1.29 is 4.74 Å². The van der Waals surface area contributed by atoms with Crippen LogP contribution in [0.2, 0.25) is 0 Å². The van der Waals surface area contributed by atoms with Crippen LogP contribution >= 0.6 is 11.5 Å². The van der Waals surface area contributed by atoms with E-state index in [-0.39, 0.29) is 5.54 Å². The van der Waals surface area contributed by atoms with Gasteiger partial charge >= 0.3 is 0 Å². The minimum Gasteiger partial charge on any atom is -0.487 e. The number of aromatic nitrogens is 1. The van der Waals surface area contributed by atoms with Crippen LogP contribution in [-0.2, 0) is 0 Å². The standard InChI is InChI=1S/C11H21N3OS/c1-6-11(3,4)14(5)10-8(15-7-2)9(12)13-16-10/h6-7H2,1-5H3,(H2,12,13). The molecule has 2 N–H and O–H groups in total. The maximum Gasteiger partial charge on any atom is 0.197 e. The smallest absolute Gasteiger partial charge is 0.197 e. The van der Waals surface area contributed by atoms with Crippen LogP contribution in [0.5, 0.6) is 5.75 Å². The molecule has 0 atom stereocenters. The molecule has 0 saturated carbocycles. The van der Waals surface area contributed by atoms with Gasteiger partial charge in [-0.15, -0.1) is 0 Å². The topological polar surface area (TPSA) is 51.4 Å². The molecule has 0 aliphatic heterocycles. The summed E-state index contributed by atoms with van der Waals surface area (Å²) < 4.78 is 9.71. The summed E-state index contributed by atoms with van der Waals surface area (Å²) >= 11 is 1.39. The van der Waals surface area contributed by atoms with Gasteiger partial charge in [-0.2, -0.15) is 4.37 Å². The first kappa shape index (κ1) is 13.1. The van der Waals surface area contributed by atoms with Crippen molar-refractivity contribution >= 4 is 22.4 Å². The number of rotatable bonds is 5. The molecular formula is C11H21N3OS. The van der Waals surface area contributed by atoms with Crippen molar-refractivity contribution in [3.05, 3.63) is 0 Å². The number of hydrogen-bond acceptors (Lipinski definition) is 5. The van der Waals surface area contributed by atoms with Gasteiger partial charge in [-0.1, -0.05) is 6.92 Å². The number of hydrogen-bond donors (Lipinski definition) is 1. The largest absolute Gasteiger partial charge is 0.487 e. The first-order valence-corrected chi connectivity index (χ1v) is 6.33. The van der Waals surface area contributed by atoms with E-state index in [1.165, 1.54) is 11.5 Å². The molecule has 0 radical (unpaired) electrons. The normalized spacial score (nSPS) is 11.6. The summed E-state index contributed by atoms with van der Waals surface area (Å²) in [7, 11) is 2.05. The lowest BCUT2D eigenvalue weighted by Crippen LogP contribution is -2.40. The minimum atomic E-state index is 0.0742. The first-order chi connectivity index (χ1) is 7.44. The molecule has 16 heavy (non-hydrogen) atoms. The molecule has 0 saturated heterocycles. The number of ether oxygens (including phenoxy) is 1. The lowest BCUT2D eigenvalue weighted by molar-refractivity contribution is 0.340. The fourth-order valence-electron chi connectivity index (χ4n) is 1.29. The Kier molecular flexibility index (Phi) is 4.02. The Hall–Kier alpha value is -0.970. The molecular weight excluding hydrogens is 222 g/mol. The fraction of sp³-hybridized carbons (Fsp3) is 0.727. The molecule has 92 valence electrons. The first-order valence-electron chi connectivity index (χ1n) is 5.55. The second-order valence-electron chi connectivity index (χ2n) is 4.36. The van der Waals surface area contributed by atoms with E-state index in [0.717, 1.165) is 17.2 Å². The van der Waals surface area contributed by atoms with E-state index in [0.29, 0.717) is 12.4 Å². The number of nitrogens with two attached hydrogens (primary N) is 1. The molecule has 1 aromatic rings. The van der Waals surface area contributed by atoms with Crippen molar-refractivity contribution in [1.29, 1.82) is 0 Å². The zero-order chi connectivity index (χ0) is 12.3. The van der Waals surface area contributed by atoms with E-state index in [1.807, 2.05) is 6.92 Å². The van der Waals surface area contributed by atoms with Gasteiger partial charge < -0.3 is 15.4 Å². The van der Waals surface area contributed by atoms with Crippen LogP contribution < -0.4 is 15.4 Å². The Morgan fingerprint density at radius 1 is 1.44 bits per heavy atom. The van der Waals surface area contributed by atoms with E-state index in [4.69, 9.17) is 10.5 Å². The molecule has 5 heteroatoms. The maximum absolute atomic E-state index is 5.80. The Balaban J connectivity index is 3.03. The molecule has 0 aliphatic rings. The summed E-state index contributed by atoms with van der Waals surface area (Å²) in [6, 6.07) is 0. The molecule has 1 heterocycles. The molecule has 0 aromatic carbocycles. The zero-order valence-corrected chi connectivity index (χ0v) is 11.5. The van der Waals surface area contributed by atoms with Gasteiger partial charge in [0.1, 0.15) is 0 Å². The highest BCUT2D eigenvalue weighted by Gasteiger charge is 2.27. The van der Waals surface area contributed by atoms with Crippen molar-refractivity contribution in [2.75, 3.05) is 24.3 Å². The third-order valence-electron chi connectivity index (χ3n) is 3.02. The van der Waals surface area contributed by atoms with Crippen molar-refractivity contribution in [3.8, 4) is 5.75 Å². The lowest BCUT2D eigenvalue weighted by atomic mass is 10.0. The van der Waals surface area contributed by atoms with E-state index >= 15 is 0 Å². The Morgan fingerprint density at radius 3 is 2.56 bits per heavy atom. The molecule has 1 rings (SSSR count). The average molecular weight is 243 g/mol. The maximum atomic E-state index is 5.80. The summed E-state index contributed by atoms with van der Waals surface area (Å²) in [5.74, 6) is 1.21. The summed E-state index contributed by atoms with van der Waals surface area (Å²) in [4.78, 5) is 2.19. The van der Waals surface area contributed by atoms with Crippen LogP contribution in [0.25, 0.3) is 0 Å². The molecule has 0 fully saturated rings. The third kappa shape index (κ3) is 2.40. The van der Waals surface area contributed by atoms with Crippen LogP contribution in [0.1, 0.15) is 34.1 Å². The molecule has 0 unspecified atom stereocenters. The van der Waals surface area contributed by atoms with Crippen LogP contribution in [0.3, 0.4) is 0 Å². The van der Waals surface area contributed by atoms with Crippen LogP contribution in [0.15, 0.2) is 0 Å². The average Bonchev–Trinajstić information content (AvgIpc) is 2.60. The van der Waals surface area contributed by atoms with Gasteiger partial charge in [0, 0.05) is 12.6 Å². The van der Waals surface area contributed by atoms with Gasteiger partial charge in [0.05, 0.1) is 6.61 Å². The fourth-order valence-corrected chi connectivity index (χ4v) is 2.17. The second kappa shape index (κ2) is 4.91. The number of nitrogen functional groups attached to an aromatic ring is 1. The van der Waals surface area contributed by atoms with E-state index in [1.54, 1.807) is 0 Å². The van der Waals surface area contributed by atoms with Gasteiger partial charge in [-0.05, 0) is 38.7 Å². The highest BCUT2D eigenvalue weighted by Crippen LogP contribution is 2.40. The van der Waals surface area contributed by atoms with Gasteiger partial charge in [-0.3, -0.25) is 0 Å². The SMILES string of the molecule is CCOc1c(N)nsc1N(C)C(C)(C)CC. The molecule has 0 amide bonds. The molecule has 0 spiro atoms. The highest BCUT2D eigenvalue weighted by molar-refractivity contribution is 7.11. The van der Waals surface area contributed by atoms with Crippen molar-refractivity contribution in [2.45, 2.75) is 39.7 Å². The number of nitrogens with zero attached hydrogens (tertiary/aromatic N) is 2. The number of anilines is 2. The Labute approximate surface area is 102 Å². The van der Waals surface area contributed by atoms with Gasteiger partial charge in [0.2, 0.25) is 0 Å². The Bertz CT molecular complexity index is 349. The molecule has 4 nitrogen and oxygen atoms in total. The van der Waals surface area contributed by atoms with Gasteiger partial charge in [-0.25, -0.2) is 0 Å². The lowest BCUT2D eigenvalue weighted by Gasteiger charge is -2.35. The van der Waals surface area contributed by atoms with E-state index < -0.39 is 0 Å².